The van der Waals surface area contributed by atoms with E-state index in [1.54, 1.807) is 25.2 Å². The van der Waals surface area contributed by atoms with Crippen molar-refractivity contribution in [1.82, 2.24) is 5.32 Å². The van der Waals surface area contributed by atoms with E-state index in [0.717, 1.165) is 12.8 Å². The average Bonchev–Trinajstić information content (AvgIpc) is 2.35. The Hall–Kier alpha value is -1.58. The van der Waals surface area contributed by atoms with Gasteiger partial charge in [0.2, 0.25) is 5.91 Å². The maximum atomic E-state index is 11.7. The van der Waals surface area contributed by atoms with Gasteiger partial charge in [-0.1, -0.05) is 31.4 Å². The van der Waals surface area contributed by atoms with Gasteiger partial charge in [-0.15, -0.1) is 0 Å². The zero-order chi connectivity index (χ0) is 14.1. The fraction of sp³-hybridized carbons (Fsp3) is 0.600. The van der Waals surface area contributed by atoms with Gasteiger partial charge in [0.15, 0.2) is 0 Å². The van der Waals surface area contributed by atoms with Crippen molar-refractivity contribution in [2.24, 2.45) is 0 Å². The van der Waals surface area contributed by atoms with Crippen LogP contribution < -0.4 is 5.32 Å². The van der Waals surface area contributed by atoms with Gasteiger partial charge in [0.05, 0.1) is 0 Å². The summed E-state index contributed by atoms with van der Waals surface area (Å²) in [7, 11) is 0. The fourth-order valence-electron chi connectivity index (χ4n) is 2.17. The van der Waals surface area contributed by atoms with Gasteiger partial charge in [-0.05, 0) is 25.8 Å². The molecule has 1 saturated carbocycles. The van der Waals surface area contributed by atoms with E-state index < -0.39 is 0 Å². The molecule has 0 radical (unpaired) electrons. The molecule has 0 spiro atoms. The summed E-state index contributed by atoms with van der Waals surface area (Å²) >= 11 is 0. The number of nitrogens with one attached hydrogen (secondary N) is 1. The molecule has 4 nitrogen and oxygen atoms in total. The number of carbonyl (C=O) groups is 2. The van der Waals surface area contributed by atoms with E-state index in [1.165, 1.54) is 26.2 Å². The number of allylic oxidation sites excluding steroid dienone is 3. The highest BCUT2D eigenvalue weighted by Crippen LogP contribution is 2.17. The van der Waals surface area contributed by atoms with Gasteiger partial charge in [0.25, 0.3) is 0 Å². The van der Waals surface area contributed by atoms with Crippen LogP contribution in [0, 0.1) is 0 Å². The second-order valence-electron chi connectivity index (χ2n) is 4.91. The Kier molecular flexibility index (Phi) is 6.93. The van der Waals surface area contributed by atoms with Gasteiger partial charge in [-0.2, -0.15) is 0 Å². The van der Waals surface area contributed by atoms with Crippen LogP contribution in [0.3, 0.4) is 0 Å². The SMILES string of the molecule is CC(=O)OC(C)=CC=CCC(=O)NC1CCCCC1. The molecule has 0 aromatic rings. The highest BCUT2D eigenvalue weighted by atomic mass is 16.5. The first-order chi connectivity index (χ1) is 9.08. The number of carbonyl (C=O) groups excluding carboxylic acids is 2. The number of esters is 1. The number of hydrogen-bond donors (Lipinski definition) is 1. The van der Waals surface area contributed by atoms with Gasteiger partial charge in [-0.3, -0.25) is 9.59 Å². The highest BCUT2D eigenvalue weighted by molar-refractivity contribution is 5.77. The van der Waals surface area contributed by atoms with Gasteiger partial charge >= 0.3 is 5.97 Å². The monoisotopic (exact) mass is 265 g/mol. The summed E-state index contributed by atoms with van der Waals surface area (Å²) in [6, 6.07) is 0.355. The molecule has 0 aromatic carbocycles. The van der Waals surface area contributed by atoms with Crippen LogP contribution in [0.25, 0.3) is 0 Å². The number of rotatable bonds is 5. The van der Waals surface area contributed by atoms with Crippen molar-refractivity contribution in [3.8, 4) is 0 Å². The van der Waals surface area contributed by atoms with Crippen LogP contribution in [-0.2, 0) is 14.3 Å². The maximum Gasteiger partial charge on any atom is 0.307 e. The first kappa shape index (κ1) is 15.5. The third kappa shape index (κ3) is 7.44. The average molecular weight is 265 g/mol. The molecular weight excluding hydrogens is 242 g/mol. The Morgan fingerprint density at radius 3 is 2.53 bits per heavy atom. The van der Waals surface area contributed by atoms with Crippen LogP contribution >= 0.6 is 0 Å². The summed E-state index contributed by atoms with van der Waals surface area (Å²) in [4.78, 5) is 22.3. The van der Waals surface area contributed by atoms with Crippen molar-refractivity contribution in [3.05, 3.63) is 24.0 Å². The van der Waals surface area contributed by atoms with Crippen molar-refractivity contribution >= 4 is 11.9 Å². The predicted octanol–water partition coefficient (Wildman–Crippen LogP) is 2.85. The predicted molar refractivity (Wildman–Crippen MR) is 74.3 cm³/mol. The zero-order valence-corrected chi connectivity index (χ0v) is 11.8. The first-order valence-corrected chi connectivity index (χ1v) is 6.89. The molecular formula is C15H23NO3. The Labute approximate surface area is 114 Å². The molecule has 0 atom stereocenters. The third-order valence-electron chi connectivity index (χ3n) is 3.05. The van der Waals surface area contributed by atoms with E-state index in [0.29, 0.717) is 18.2 Å². The van der Waals surface area contributed by atoms with Gasteiger partial charge in [0, 0.05) is 19.4 Å². The molecule has 1 aliphatic rings. The molecule has 0 unspecified atom stereocenters. The Balaban J connectivity index is 2.23. The summed E-state index contributed by atoms with van der Waals surface area (Å²) < 4.78 is 4.85. The molecule has 4 heteroatoms. The molecule has 0 bridgehead atoms. The number of hydrogen-bond acceptors (Lipinski definition) is 3. The van der Waals surface area contributed by atoms with Crippen molar-refractivity contribution in [2.75, 3.05) is 0 Å². The van der Waals surface area contributed by atoms with E-state index >= 15 is 0 Å². The number of ether oxygens (including phenoxy) is 1. The first-order valence-electron chi connectivity index (χ1n) is 6.89. The molecule has 1 fully saturated rings. The summed E-state index contributed by atoms with van der Waals surface area (Å²) in [6.07, 6.45) is 11.4. The Morgan fingerprint density at radius 1 is 1.21 bits per heavy atom. The minimum atomic E-state index is -0.336. The fourth-order valence-corrected chi connectivity index (χ4v) is 2.17. The summed E-state index contributed by atoms with van der Waals surface area (Å²) in [5, 5.41) is 3.04. The topological polar surface area (TPSA) is 55.4 Å². The van der Waals surface area contributed by atoms with Crippen LogP contribution in [-0.4, -0.2) is 17.9 Å². The van der Waals surface area contributed by atoms with E-state index in [2.05, 4.69) is 5.32 Å². The molecule has 0 aliphatic heterocycles. The lowest BCUT2D eigenvalue weighted by atomic mass is 9.95. The minimum Gasteiger partial charge on any atom is -0.432 e. The third-order valence-corrected chi connectivity index (χ3v) is 3.05. The molecule has 1 aliphatic carbocycles. The summed E-state index contributed by atoms with van der Waals surface area (Å²) in [6.45, 7) is 3.06. The van der Waals surface area contributed by atoms with Crippen LogP contribution in [0.4, 0.5) is 0 Å². The maximum absolute atomic E-state index is 11.7. The smallest absolute Gasteiger partial charge is 0.307 e. The molecule has 19 heavy (non-hydrogen) atoms. The van der Waals surface area contributed by atoms with Crippen LogP contribution in [0.15, 0.2) is 24.0 Å². The quantitative estimate of drug-likeness (QED) is 0.472. The molecule has 1 rings (SSSR count). The zero-order valence-electron chi connectivity index (χ0n) is 11.8. The minimum absolute atomic E-state index is 0.0571. The normalized spacial score (nSPS) is 17.5. The van der Waals surface area contributed by atoms with Crippen LogP contribution in [0.2, 0.25) is 0 Å². The molecule has 106 valence electrons. The van der Waals surface area contributed by atoms with Crippen molar-refractivity contribution in [1.29, 1.82) is 0 Å². The second kappa shape index (κ2) is 8.51. The van der Waals surface area contributed by atoms with Crippen LogP contribution in [0.1, 0.15) is 52.4 Å². The van der Waals surface area contributed by atoms with Crippen molar-refractivity contribution < 1.29 is 14.3 Å². The van der Waals surface area contributed by atoms with Gasteiger partial charge in [0.1, 0.15) is 5.76 Å². The molecule has 0 heterocycles. The lowest BCUT2D eigenvalue weighted by Crippen LogP contribution is -2.35. The lowest BCUT2D eigenvalue weighted by molar-refractivity contribution is -0.136. The van der Waals surface area contributed by atoms with Crippen LogP contribution in [0.5, 0.6) is 0 Å². The Morgan fingerprint density at radius 2 is 1.89 bits per heavy atom. The van der Waals surface area contributed by atoms with Crippen molar-refractivity contribution in [2.45, 2.75) is 58.4 Å². The van der Waals surface area contributed by atoms with Gasteiger partial charge < -0.3 is 10.1 Å². The molecule has 1 amide bonds. The molecule has 0 saturated heterocycles. The van der Waals surface area contributed by atoms with E-state index in [9.17, 15) is 9.59 Å². The summed E-state index contributed by atoms with van der Waals surface area (Å²) in [5.41, 5.74) is 0. The molecule has 1 N–H and O–H groups in total. The lowest BCUT2D eigenvalue weighted by Gasteiger charge is -2.22. The van der Waals surface area contributed by atoms with E-state index in [1.807, 2.05) is 0 Å². The standard InChI is InChI=1S/C15H23NO3/c1-12(19-13(2)17)8-6-7-11-15(18)16-14-9-4-3-5-10-14/h6-8,14H,3-5,9-11H2,1-2H3,(H,16,18). The Bertz CT molecular complexity index is 366. The summed E-state index contributed by atoms with van der Waals surface area (Å²) in [5.74, 6) is 0.246. The number of amides is 1. The highest BCUT2D eigenvalue weighted by Gasteiger charge is 2.14. The largest absolute Gasteiger partial charge is 0.432 e. The van der Waals surface area contributed by atoms with E-state index in [-0.39, 0.29) is 11.9 Å². The van der Waals surface area contributed by atoms with Crippen molar-refractivity contribution in [3.63, 3.8) is 0 Å². The molecule has 0 aromatic heterocycles. The van der Waals surface area contributed by atoms with E-state index in [4.69, 9.17) is 4.74 Å². The van der Waals surface area contributed by atoms with Gasteiger partial charge in [-0.25, -0.2) is 0 Å². The second-order valence-corrected chi connectivity index (χ2v) is 4.91.